The maximum Gasteiger partial charge on any atom is 0.409 e. The van der Waals surface area contributed by atoms with Crippen LogP contribution in [0.1, 0.15) is 11.6 Å². The van der Waals surface area contributed by atoms with Crippen molar-refractivity contribution in [2.24, 2.45) is 0 Å². The summed E-state index contributed by atoms with van der Waals surface area (Å²) in [6.45, 7) is 0.781. The number of hydrogen-bond acceptors (Lipinski definition) is 4. The van der Waals surface area contributed by atoms with Crippen LogP contribution in [0.4, 0.5) is 4.79 Å². The number of alkyl carbamates (subject to hydrolysis) is 1. The van der Waals surface area contributed by atoms with Crippen LogP contribution in [0.25, 0.3) is 10.8 Å². The van der Waals surface area contributed by atoms with Crippen molar-refractivity contribution in [1.29, 1.82) is 0 Å². The maximum atomic E-state index is 11.3. The molecule has 0 aromatic heterocycles. The number of carbonyl (C=O) groups excluding carboxylic acids is 1. The lowest BCUT2D eigenvalue weighted by Crippen LogP contribution is -2.48. The van der Waals surface area contributed by atoms with Gasteiger partial charge in [0, 0.05) is 6.54 Å². The first-order chi connectivity index (χ1) is 10.2. The van der Waals surface area contributed by atoms with E-state index >= 15 is 0 Å². The predicted molar refractivity (Wildman–Crippen MR) is 81.8 cm³/mol. The number of fused-ring (bicyclic) bond motifs is 1. The Morgan fingerprint density at radius 3 is 2.81 bits per heavy atom. The number of carbonyl (C=O) groups is 1. The third-order valence-electron chi connectivity index (χ3n) is 4.00. The molecule has 1 amide bonds. The Kier molecular flexibility index (Phi) is 3.77. The SMILES string of the molecule is COC(=O)NC1NCC(c2ccc3ccccc3c2)N1C. The van der Waals surface area contributed by atoms with Crippen molar-refractivity contribution in [3.05, 3.63) is 48.0 Å². The van der Waals surface area contributed by atoms with Gasteiger partial charge in [0.25, 0.3) is 0 Å². The van der Waals surface area contributed by atoms with Gasteiger partial charge in [-0.25, -0.2) is 4.79 Å². The zero-order valence-corrected chi connectivity index (χ0v) is 12.2. The second-order valence-electron chi connectivity index (χ2n) is 5.23. The Hall–Kier alpha value is -2.11. The maximum absolute atomic E-state index is 11.3. The number of methoxy groups -OCH3 is 1. The molecule has 0 spiro atoms. The van der Waals surface area contributed by atoms with Gasteiger partial charge < -0.3 is 4.74 Å². The zero-order chi connectivity index (χ0) is 14.8. The second-order valence-corrected chi connectivity index (χ2v) is 5.23. The van der Waals surface area contributed by atoms with E-state index < -0.39 is 6.09 Å². The van der Waals surface area contributed by atoms with Crippen molar-refractivity contribution in [2.75, 3.05) is 20.7 Å². The number of ether oxygens (including phenoxy) is 1. The van der Waals surface area contributed by atoms with Crippen molar-refractivity contribution in [2.45, 2.75) is 12.3 Å². The van der Waals surface area contributed by atoms with Gasteiger partial charge in [0.15, 0.2) is 0 Å². The van der Waals surface area contributed by atoms with Crippen molar-refractivity contribution in [3.8, 4) is 0 Å². The first-order valence-corrected chi connectivity index (χ1v) is 6.97. The minimum absolute atomic E-state index is 0.214. The van der Waals surface area contributed by atoms with Gasteiger partial charge in [0.2, 0.25) is 0 Å². The van der Waals surface area contributed by atoms with Crippen LogP contribution in [0, 0.1) is 0 Å². The number of likely N-dealkylation sites (N-methyl/N-ethyl adjacent to an activating group) is 1. The van der Waals surface area contributed by atoms with Crippen LogP contribution in [0.3, 0.4) is 0 Å². The molecule has 5 nitrogen and oxygen atoms in total. The van der Waals surface area contributed by atoms with E-state index in [0.717, 1.165) is 6.54 Å². The summed E-state index contributed by atoms with van der Waals surface area (Å²) in [5.41, 5.74) is 1.23. The van der Waals surface area contributed by atoms with Gasteiger partial charge >= 0.3 is 6.09 Å². The Bertz CT molecular complexity index is 659. The van der Waals surface area contributed by atoms with E-state index in [4.69, 9.17) is 0 Å². The average Bonchev–Trinajstić information content (AvgIpc) is 2.87. The summed E-state index contributed by atoms with van der Waals surface area (Å²) in [7, 11) is 3.35. The van der Waals surface area contributed by atoms with Crippen LogP contribution in [-0.4, -0.2) is 38.0 Å². The molecule has 2 aromatic rings. The molecule has 0 bridgehead atoms. The summed E-state index contributed by atoms with van der Waals surface area (Å²) in [5.74, 6) is 0. The summed E-state index contributed by atoms with van der Waals surface area (Å²) in [6.07, 6.45) is -0.646. The highest BCUT2D eigenvalue weighted by atomic mass is 16.5. The third-order valence-corrected chi connectivity index (χ3v) is 4.00. The predicted octanol–water partition coefficient (Wildman–Crippen LogP) is 2.06. The molecule has 1 aliphatic heterocycles. The Balaban J connectivity index is 1.81. The molecule has 0 aliphatic carbocycles. The van der Waals surface area contributed by atoms with E-state index in [-0.39, 0.29) is 12.3 Å². The number of nitrogens with zero attached hydrogens (tertiary/aromatic N) is 1. The summed E-state index contributed by atoms with van der Waals surface area (Å²) in [4.78, 5) is 13.4. The summed E-state index contributed by atoms with van der Waals surface area (Å²) >= 11 is 0. The first-order valence-electron chi connectivity index (χ1n) is 6.97. The molecule has 1 heterocycles. The molecule has 110 valence electrons. The van der Waals surface area contributed by atoms with Crippen molar-refractivity contribution < 1.29 is 9.53 Å². The minimum Gasteiger partial charge on any atom is -0.453 e. The van der Waals surface area contributed by atoms with Crippen molar-refractivity contribution >= 4 is 16.9 Å². The average molecular weight is 285 g/mol. The molecule has 1 fully saturated rings. The number of nitrogens with one attached hydrogen (secondary N) is 2. The van der Waals surface area contributed by atoms with E-state index in [2.05, 4.69) is 50.6 Å². The lowest BCUT2D eigenvalue weighted by Gasteiger charge is -2.25. The van der Waals surface area contributed by atoms with Gasteiger partial charge in [-0.1, -0.05) is 36.4 Å². The molecular formula is C16H19N3O2. The molecule has 2 atom stereocenters. The normalized spacial score (nSPS) is 22.4. The molecule has 5 heteroatoms. The van der Waals surface area contributed by atoms with E-state index in [1.807, 2.05) is 19.2 Å². The lowest BCUT2D eigenvalue weighted by molar-refractivity contribution is 0.141. The molecule has 1 saturated heterocycles. The Labute approximate surface area is 123 Å². The molecule has 1 aliphatic rings. The fraction of sp³-hybridized carbons (Fsp3) is 0.312. The first kappa shape index (κ1) is 13.9. The molecule has 0 saturated carbocycles. The summed E-state index contributed by atoms with van der Waals surface area (Å²) in [6, 6.07) is 15.0. The van der Waals surface area contributed by atoms with Crippen molar-refractivity contribution in [3.63, 3.8) is 0 Å². The number of rotatable bonds is 2. The van der Waals surface area contributed by atoms with Crippen LogP contribution in [0.5, 0.6) is 0 Å². The third kappa shape index (κ3) is 2.70. The number of benzene rings is 2. The summed E-state index contributed by atoms with van der Waals surface area (Å²) < 4.78 is 4.64. The number of hydrogen-bond donors (Lipinski definition) is 2. The van der Waals surface area contributed by atoms with Crippen LogP contribution < -0.4 is 10.6 Å². The lowest BCUT2D eigenvalue weighted by atomic mass is 10.0. The van der Waals surface area contributed by atoms with Crippen LogP contribution in [0.15, 0.2) is 42.5 Å². The fourth-order valence-corrected chi connectivity index (χ4v) is 2.78. The monoisotopic (exact) mass is 285 g/mol. The standard InChI is InChI=1S/C16H19N3O2/c1-19-14(10-17-15(19)18-16(20)21-2)13-8-7-11-5-3-4-6-12(11)9-13/h3-9,14-15,17H,10H2,1-2H3,(H,18,20). The Morgan fingerprint density at radius 2 is 2.05 bits per heavy atom. The highest BCUT2D eigenvalue weighted by molar-refractivity contribution is 5.83. The molecule has 2 N–H and O–H groups in total. The van der Waals surface area contributed by atoms with E-state index in [9.17, 15) is 4.79 Å². The smallest absolute Gasteiger partial charge is 0.409 e. The van der Waals surface area contributed by atoms with Gasteiger partial charge in [-0.05, 0) is 29.4 Å². The minimum atomic E-state index is -0.432. The van der Waals surface area contributed by atoms with Gasteiger partial charge in [0.1, 0.15) is 6.29 Å². The molecule has 2 aromatic carbocycles. The Morgan fingerprint density at radius 1 is 1.29 bits per heavy atom. The van der Waals surface area contributed by atoms with E-state index in [1.165, 1.54) is 23.4 Å². The fourth-order valence-electron chi connectivity index (χ4n) is 2.78. The molecule has 0 radical (unpaired) electrons. The molecule has 21 heavy (non-hydrogen) atoms. The zero-order valence-electron chi connectivity index (χ0n) is 12.2. The van der Waals surface area contributed by atoms with Gasteiger partial charge in [-0.2, -0.15) is 0 Å². The molecular weight excluding hydrogens is 266 g/mol. The van der Waals surface area contributed by atoms with Gasteiger partial charge in [0.05, 0.1) is 13.2 Å². The topological polar surface area (TPSA) is 53.6 Å². The van der Waals surface area contributed by atoms with Crippen LogP contribution in [0.2, 0.25) is 0 Å². The van der Waals surface area contributed by atoms with Gasteiger partial charge in [-0.15, -0.1) is 0 Å². The number of amides is 1. The molecule has 3 rings (SSSR count). The summed E-state index contributed by atoms with van der Waals surface area (Å²) in [5, 5.41) is 8.52. The highest BCUT2D eigenvalue weighted by Crippen LogP contribution is 2.27. The quantitative estimate of drug-likeness (QED) is 0.887. The van der Waals surface area contributed by atoms with E-state index in [0.29, 0.717) is 0 Å². The largest absolute Gasteiger partial charge is 0.453 e. The van der Waals surface area contributed by atoms with Gasteiger partial charge in [-0.3, -0.25) is 15.5 Å². The van der Waals surface area contributed by atoms with E-state index in [1.54, 1.807) is 0 Å². The highest BCUT2D eigenvalue weighted by Gasteiger charge is 2.32. The van der Waals surface area contributed by atoms with Crippen LogP contribution in [-0.2, 0) is 4.74 Å². The second kappa shape index (κ2) is 5.71. The molecule has 2 unspecified atom stereocenters. The van der Waals surface area contributed by atoms with Crippen LogP contribution >= 0.6 is 0 Å². The van der Waals surface area contributed by atoms with Crippen molar-refractivity contribution in [1.82, 2.24) is 15.5 Å².